The fourth-order valence-corrected chi connectivity index (χ4v) is 5.78. The van der Waals surface area contributed by atoms with E-state index >= 15 is 0 Å². The topological polar surface area (TPSA) is 76.4 Å². The molecule has 0 saturated heterocycles. The summed E-state index contributed by atoms with van der Waals surface area (Å²) in [6, 6.07) is 15.6. The van der Waals surface area contributed by atoms with Gasteiger partial charge in [0.2, 0.25) is 10.0 Å². The van der Waals surface area contributed by atoms with Crippen molar-refractivity contribution in [1.29, 1.82) is 0 Å². The minimum absolute atomic E-state index is 0.00695. The van der Waals surface area contributed by atoms with Crippen molar-refractivity contribution in [3.63, 3.8) is 0 Å². The number of sulfone groups is 1. The van der Waals surface area contributed by atoms with Gasteiger partial charge >= 0.3 is 0 Å². The SMILES string of the molecule is CS(=O)(=O)c1cccc(S(=O)(=O)N2CCCn3c(cc4ccccc43)C2)c1. The maximum Gasteiger partial charge on any atom is 0.243 e. The first-order valence-corrected chi connectivity index (χ1v) is 12.0. The molecule has 1 aliphatic heterocycles. The Hall–Kier alpha value is -2.16. The standard InChI is InChI=1S/C19H20N2O4S2/c1-26(22,23)17-7-4-8-18(13-17)27(24,25)20-10-5-11-21-16(14-20)12-15-6-2-3-9-19(15)21/h2-4,6-9,12-13H,5,10-11,14H2,1H3. The molecule has 0 saturated carbocycles. The van der Waals surface area contributed by atoms with E-state index in [2.05, 4.69) is 4.57 Å². The first-order valence-electron chi connectivity index (χ1n) is 8.64. The molecule has 8 heteroatoms. The van der Waals surface area contributed by atoms with Crippen molar-refractivity contribution >= 4 is 30.8 Å². The summed E-state index contributed by atoms with van der Waals surface area (Å²) in [5, 5.41) is 1.09. The fourth-order valence-electron chi connectivity index (χ4n) is 3.55. The van der Waals surface area contributed by atoms with E-state index in [9.17, 15) is 16.8 Å². The average molecular weight is 405 g/mol. The van der Waals surface area contributed by atoms with Gasteiger partial charge in [-0.3, -0.25) is 0 Å². The van der Waals surface area contributed by atoms with E-state index in [1.807, 2.05) is 30.3 Å². The van der Waals surface area contributed by atoms with Crippen LogP contribution in [0.4, 0.5) is 0 Å². The predicted molar refractivity (Wildman–Crippen MR) is 104 cm³/mol. The van der Waals surface area contributed by atoms with Gasteiger partial charge in [0.15, 0.2) is 9.84 Å². The zero-order valence-corrected chi connectivity index (χ0v) is 16.5. The lowest BCUT2D eigenvalue weighted by Gasteiger charge is -2.20. The Morgan fingerprint density at radius 1 is 0.852 bits per heavy atom. The Bertz CT molecular complexity index is 1230. The van der Waals surface area contributed by atoms with Crippen molar-refractivity contribution in [2.45, 2.75) is 29.3 Å². The number of para-hydroxylation sites is 1. The number of rotatable bonds is 3. The van der Waals surface area contributed by atoms with Crippen LogP contribution in [0.3, 0.4) is 0 Å². The van der Waals surface area contributed by atoms with Crippen LogP contribution in [0.5, 0.6) is 0 Å². The molecule has 1 aromatic heterocycles. The predicted octanol–water partition coefficient (Wildman–Crippen LogP) is 2.64. The summed E-state index contributed by atoms with van der Waals surface area (Å²) >= 11 is 0. The first-order chi connectivity index (χ1) is 12.8. The molecule has 1 aliphatic rings. The Morgan fingerprint density at radius 3 is 2.37 bits per heavy atom. The fraction of sp³-hybridized carbons (Fsp3) is 0.263. The molecule has 0 aliphatic carbocycles. The van der Waals surface area contributed by atoms with Gasteiger partial charge in [0.1, 0.15) is 0 Å². The first kappa shape index (κ1) is 18.2. The number of hydrogen-bond donors (Lipinski definition) is 0. The van der Waals surface area contributed by atoms with Crippen molar-refractivity contribution in [2.24, 2.45) is 0 Å². The zero-order chi connectivity index (χ0) is 19.2. The Morgan fingerprint density at radius 2 is 1.59 bits per heavy atom. The highest BCUT2D eigenvalue weighted by Gasteiger charge is 2.28. The molecule has 0 fully saturated rings. The molecule has 2 heterocycles. The summed E-state index contributed by atoms with van der Waals surface area (Å²) in [5.41, 5.74) is 2.04. The number of benzene rings is 2. The molecule has 0 spiro atoms. The summed E-state index contributed by atoms with van der Waals surface area (Å²) < 4.78 is 53.5. The van der Waals surface area contributed by atoms with Crippen LogP contribution in [0.25, 0.3) is 10.9 Å². The normalized spacial score (nSPS) is 16.2. The van der Waals surface area contributed by atoms with Gasteiger partial charge in [-0.25, -0.2) is 16.8 Å². The molecule has 0 unspecified atom stereocenters. The van der Waals surface area contributed by atoms with Gasteiger partial charge in [0.05, 0.1) is 16.3 Å². The molecule has 0 amide bonds. The van der Waals surface area contributed by atoms with Crippen LogP contribution >= 0.6 is 0 Å². The van der Waals surface area contributed by atoms with Crippen molar-refractivity contribution in [3.8, 4) is 0 Å². The molecule has 142 valence electrons. The molecular weight excluding hydrogens is 384 g/mol. The van der Waals surface area contributed by atoms with Crippen LogP contribution in [0.1, 0.15) is 12.1 Å². The number of nitrogens with zero attached hydrogens (tertiary/aromatic N) is 2. The van der Waals surface area contributed by atoms with Gasteiger partial charge < -0.3 is 4.57 Å². The minimum Gasteiger partial charge on any atom is -0.343 e. The second kappa shape index (κ2) is 6.47. The number of aryl methyl sites for hydroxylation is 1. The number of sulfonamides is 1. The summed E-state index contributed by atoms with van der Waals surface area (Å²) in [7, 11) is -7.27. The van der Waals surface area contributed by atoms with Crippen LogP contribution in [0, 0.1) is 0 Å². The quantitative estimate of drug-likeness (QED) is 0.672. The van der Waals surface area contributed by atoms with Crippen LogP contribution < -0.4 is 0 Å². The molecule has 27 heavy (non-hydrogen) atoms. The van der Waals surface area contributed by atoms with Crippen molar-refractivity contribution in [2.75, 3.05) is 12.8 Å². The number of fused-ring (bicyclic) bond motifs is 3. The Balaban J connectivity index is 1.74. The number of aromatic nitrogens is 1. The van der Waals surface area contributed by atoms with E-state index in [0.717, 1.165) is 29.4 Å². The lowest BCUT2D eigenvalue weighted by atomic mass is 10.2. The smallest absolute Gasteiger partial charge is 0.243 e. The van der Waals surface area contributed by atoms with Gasteiger partial charge in [-0.1, -0.05) is 24.3 Å². The molecule has 2 aromatic carbocycles. The van der Waals surface area contributed by atoms with Gasteiger partial charge in [-0.15, -0.1) is 0 Å². The van der Waals surface area contributed by atoms with E-state index in [-0.39, 0.29) is 16.3 Å². The third kappa shape index (κ3) is 3.28. The molecular formula is C19H20N2O4S2. The molecule has 0 atom stereocenters. The van der Waals surface area contributed by atoms with Crippen LogP contribution in [0.15, 0.2) is 64.4 Å². The highest BCUT2D eigenvalue weighted by atomic mass is 32.2. The van der Waals surface area contributed by atoms with Crippen molar-refractivity contribution < 1.29 is 16.8 Å². The van der Waals surface area contributed by atoms with E-state index in [0.29, 0.717) is 13.0 Å². The largest absolute Gasteiger partial charge is 0.343 e. The summed E-state index contributed by atoms with van der Waals surface area (Å²) in [6.07, 6.45) is 1.76. The summed E-state index contributed by atoms with van der Waals surface area (Å²) in [5.74, 6) is 0. The van der Waals surface area contributed by atoms with Gasteiger partial charge in [-0.2, -0.15) is 4.31 Å². The average Bonchev–Trinajstić information content (AvgIpc) is 2.83. The highest BCUT2D eigenvalue weighted by molar-refractivity contribution is 7.91. The zero-order valence-electron chi connectivity index (χ0n) is 14.9. The second-order valence-corrected chi connectivity index (χ2v) is 10.7. The third-order valence-electron chi connectivity index (χ3n) is 4.90. The molecule has 0 bridgehead atoms. The maximum absolute atomic E-state index is 13.2. The molecule has 0 N–H and O–H groups in total. The second-order valence-electron chi connectivity index (χ2n) is 6.79. The summed E-state index contributed by atoms with van der Waals surface area (Å²) in [6.45, 7) is 1.40. The van der Waals surface area contributed by atoms with Crippen LogP contribution in [-0.2, 0) is 33.0 Å². The molecule has 0 radical (unpaired) electrons. The lowest BCUT2D eigenvalue weighted by molar-refractivity contribution is 0.410. The van der Waals surface area contributed by atoms with Crippen LogP contribution in [0.2, 0.25) is 0 Å². The Kier molecular flexibility index (Phi) is 4.37. The monoisotopic (exact) mass is 404 g/mol. The minimum atomic E-state index is -3.79. The maximum atomic E-state index is 13.2. The Labute approximate surface area is 159 Å². The van der Waals surface area contributed by atoms with Gasteiger partial charge in [0, 0.05) is 30.6 Å². The number of hydrogen-bond acceptors (Lipinski definition) is 4. The van der Waals surface area contributed by atoms with Crippen LogP contribution in [-0.4, -0.2) is 38.5 Å². The van der Waals surface area contributed by atoms with E-state index < -0.39 is 19.9 Å². The van der Waals surface area contributed by atoms with E-state index in [1.165, 1.54) is 28.6 Å². The highest BCUT2D eigenvalue weighted by Crippen LogP contribution is 2.27. The van der Waals surface area contributed by atoms with E-state index in [4.69, 9.17) is 0 Å². The van der Waals surface area contributed by atoms with Gasteiger partial charge in [-0.05, 0) is 42.1 Å². The van der Waals surface area contributed by atoms with Crippen molar-refractivity contribution in [3.05, 3.63) is 60.3 Å². The summed E-state index contributed by atoms with van der Waals surface area (Å²) in [4.78, 5) is 0.0162. The van der Waals surface area contributed by atoms with Crippen molar-refractivity contribution in [1.82, 2.24) is 8.87 Å². The van der Waals surface area contributed by atoms with Gasteiger partial charge in [0.25, 0.3) is 0 Å². The molecule has 6 nitrogen and oxygen atoms in total. The molecule has 4 rings (SSSR count). The lowest BCUT2D eigenvalue weighted by Crippen LogP contribution is -2.31. The van der Waals surface area contributed by atoms with E-state index in [1.54, 1.807) is 0 Å². The molecule has 3 aromatic rings. The third-order valence-corrected chi connectivity index (χ3v) is 7.85.